The third-order valence-corrected chi connectivity index (χ3v) is 3.53. The zero-order valence-corrected chi connectivity index (χ0v) is 12.7. The van der Waals surface area contributed by atoms with Crippen LogP contribution in [0.2, 0.25) is 0 Å². The number of rotatable bonds is 3. The first kappa shape index (κ1) is 14.9. The van der Waals surface area contributed by atoms with Crippen molar-refractivity contribution >= 4 is 16.8 Å². The number of hydrogen-bond acceptors (Lipinski definition) is 4. The Morgan fingerprint density at radius 2 is 1.83 bits per heavy atom. The van der Waals surface area contributed by atoms with Crippen molar-refractivity contribution in [1.82, 2.24) is 15.0 Å². The van der Waals surface area contributed by atoms with Gasteiger partial charge in [-0.15, -0.1) is 0 Å². The average Bonchev–Trinajstić information content (AvgIpc) is 2.56. The van der Waals surface area contributed by atoms with Gasteiger partial charge in [-0.25, -0.2) is 10.5 Å². The Labute approximate surface area is 132 Å². The van der Waals surface area contributed by atoms with Crippen LogP contribution in [-0.2, 0) is 4.84 Å². The SMILES string of the molecule is CONC(=O)c1ccc(-n2c(C)nc3ccccc3c2=O)cc1. The number of nitrogens with one attached hydrogen (secondary N) is 1. The van der Waals surface area contributed by atoms with Gasteiger partial charge in [0.05, 0.1) is 23.7 Å². The topological polar surface area (TPSA) is 73.2 Å². The number of nitrogens with zero attached hydrogens (tertiary/aromatic N) is 2. The molecule has 0 radical (unpaired) electrons. The van der Waals surface area contributed by atoms with E-state index in [1.807, 2.05) is 18.2 Å². The number of aryl methyl sites for hydroxylation is 1. The molecular formula is C17H15N3O3. The van der Waals surface area contributed by atoms with Crippen LogP contribution in [0.1, 0.15) is 16.2 Å². The van der Waals surface area contributed by atoms with Gasteiger partial charge in [-0.05, 0) is 43.3 Å². The molecule has 2 aromatic carbocycles. The van der Waals surface area contributed by atoms with E-state index in [9.17, 15) is 9.59 Å². The molecule has 1 aromatic heterocycles. The molecule has 0 fully saturated rings. The molecule has 0 unspecified atom stereocenters. The van der Waals surface area contributed by atoms with Gasteiger partial charge >= 0.3 is 0 Å². The van der Waals surface area contributed by atoms with Crippen LogP contribution in [0.15, 0.2) is 53.3 Å². The predicted molar refractivity (Wildman–Crippen MR) is 86.6 cm³/mol. The van der Waals surface area contributed by atoms with E-state index in [2.05, 4.69) is 15.3 Å². The summed E-state index contributed by atoms with van der Waals surface area (Å²) in [5.41, 5.74) is 3.87. The molecule has 116 valence electrons. The lowest BCUT2D eigenvalue weighted by atomic mass is 10.2. The highest BCUT2D eigenvalue weighted by atomic mass is 16.6. The average molecular weight is 309 g/mol. The summed E-state index contributed by atoms with van der Waals surface area (Å²) in [6.07, 6.45) is 0. The molecule has 1 N–H and O–H groups in total. The molecule has 0 saturated heterocycles. The van der Waals surface area contributed by atoms with Gasteiger partial charge in [0.1, 0.15) is 5.82 Å². The highest BCUT2D eigenvalue weighted by molar-refractivity contribution is 5.93. The maximum absolute atomic E-state index is 12.7. The van der Waals surface area contributed by atoms with E-state index < -0.39 is 0 Å². The zero-order chi connectivity index (χ0) is 16.4. The zero-order valence-electron chi connectivity index (χ0n) is 12.7. The van der Waals surface area contributed by atoms with E-state index in [0.29, 0.717) is 28.0 Å². The lowest BCUT2D eigenvalue weighted by Crippen LogP contribution is -2.23. The van der Waals surface area contributed by atoms with Crippen molar-refractivity contribution in [3.05, 3.63) is 70.3 Å². The van der Waals surface area contributed by atoms with Crippen LogP contribution in [0.5, 0.6) is 0 Å². The number of hydroxylamine groups is 1. The molecular weight excluding hydrogens is 294 g/mol. The summed E-state index contributed by atoms with van der Waals surface area (Å²) in [5.74, 6) is 0.238. The summed E-state index contributed by atoms with van der Waals surface area (Å²) >= 11 is 0. The summed E-state index contributed by atoms with van der Waals surface area (Å²) < 4.78 is 1.53. The molecule has 0 aliphatic carbocycles. The number of para-hydroxylation sites is 1. The molecule has 0 atom stereocenters. The molecule has 6 nitrogen and oxygen atoms in total. The van der Waals surface area contributed by atoms with Crippen molar-refractivity contribution < 1.29 is 9.63 Å². The third kappa shape index (κ3) is 2.72. The Kier molecular flexibility index (Phi) is 3.91. The summed E-state index contributed by atoms with van der Waals surface area (Å²) in [7, 11) is 1.37. The first-order chi connectivity index (χ1) is 11.1. The number of hydrogen-bond donors (Lipinski definition) is 1. The molecule has 0 spiro atoms. The fourth-order valence-electron chi connectivity index (χ4n) is 2.46. The number of carbonyl (C=O) groups excluding carboxylic acids is 1. The number of benzene rings is 2. The number of fused-ring (bicyclic) bond motifs is 1. The van der Waals surface area contributed by atoms with Crippen molar-refractivity contribution in [2.24, 2.45) is 0 Å². The highest BCUT2D eigenvalue weighted by Gasteiger charge is 2.10. The molecule has 3 aromatic rings. The van der Waals surface area contributed by atoms with Gasteiger partial charge in [0.15, 0.2) is 0 Å². The molecule has 0 aliphatic heterocycles. The summed E-state index contributed by atoms with van der Waals surface area (Å²) in [6, 6.07) is 13.9. The lowest BCUT2D eigenvalue weighted by molar-refractivity contribution is 0.0537. The fraction of sp³-hybridized carbons (Fsp3) is 0.118. The van der Waals surface area contributed by atoms with Crippen LogP contribution < -0.4 is 11.0 Å². The van der Waals surface area contributed by atoms with Crippen LogP contribution >= 0.6 is 0 Å². The van der Waals surface area contributed by atoms with E-state index in [1.165, 1.54) is 11.7 Å². The van der Waals surface area contributed by atoms with Gasteiger partial charge in [-0.1, -0.05) is 12.1 Å². The number of amides is 1. The van der Waals surface area contributed by atoms with Crippen LogP contribution in [0.25, 0.3) is 16.6 Å². The second-order valence-electron chi connectivity index (χ2n) is 5.00. The molecule has 6 heteroatoms. The van der Waals surface area contributed by atoms with Gasteiger partial charge in [0.2, 0.25) is 0 Å². The van der Waals surface area contributed by atoms with Gasteiger partial charge in [-0.2, -0.15) is 0 Å². The van der Waals surface area contributed by atoms with Crippen molar-refractivity contribution in [3.63, 3.8) is 0 Å². The van der Waals surface area contributed by atoms with Gasteiger partial charge < -0.3 is 0 Å². The minimum Gasteiger partial charge on any atom is -0.277 e. The van der Waals surface area contributed by atoms with E-state index in [1.54, 1.807) is 37.3 Å². The summed E-state index contributed by atoms with van der Waals surface area (Å²) in [4.78, 5) is 33.4. The summed E-state index contributed by atoms with van der Waals surface area (Å²) in [6.45, 7) is 1.78. The fourth-order valence-corrected chi connectivity index (χ4v) is 2.46. The highest BCUT2D eigenvalue weighted by Crippen LogP contribution is 2.13. The molecule has 1 amide bonds. The molecule has 1 heterocycles. The third-order valence-electron chi connectivity index (χ3n) is 3.53. The smallest absolute Gasteiger partial charge is 0.274 e. The normalized spacial score (nSPS) is 10.7. The minimum atomic E-state index is -0.347. The largest absolute Gasteiger partial charge is 0.277 e. The number of carbonyl (C=O) groups is 1. The maximum Gasteiger partial charge on any atom is 0.274 e. The van der Waals surface area contributed by atoms with E-state index in [0.717, 1.165) is 0 Å². The summed E-state index contributed by atoms with van der Waals surface area (Å²) in [5, 5.41) is 0.555. The Bertz CT molecular complexity index is 930. The van der Waals surface area contributed by atoms with Crippen molar-refractivity contribution in [2.45, 2.75) is 6.92 Å². The van der Waals surface area contributed by atoms with E-state index >= 15 is 0 Å². The first-order valence-electron chi connectivity index (χ1n) is 7.04. The number of aromatic nitrogens is 2. The monoisotopic (exact) mass is 309 g/mol. The second kappa shape index (κ2) is 6.02. The minimum absolute atomic E-state index is 0.137. The van der Waals surface area contributed by atoms with Gasteiger partial charge in [0, 0.05) is 5.56 Å². The van der Waals surface area contributed by atoms with Crippen LogP contribution in [0.4, 0.5) is 0 Å². The first-order valence-corrected chi connectivity index (χ1v) is 7.04. The van der Waals surface area contributed by atoms with E-state index in [4.69, 9.17) is 0 Å². The maximum atomic E-state index is 12.7. The van der Waals surface area contributed by atoms with Crippen molar-refractivity contribution in [2.75, 3.05) is 7.11 Å². The lowest BCUT2D eigenvalue weighted by Gasteiger charge is -2.11. The van der Waals surface area contributed by atoms with Crippen LogP contribution in [0.3, 0.4) is 0 Å². The van der Waals surface area contributed by atoms with Gasteiger partial charge in [0.25, 0.3) is 11.5 Å². The molecule has 3 rings (SSSR count). The second-order valence-corrected chi connectivity index (χ2v) is 5.00. The Morgan fingerprint density at radius 1 is 1.13 bits per heavy atom. The Balaban J connectivity index is 2.10. The molecule has 0 aliphatic rings. The molecule has 0 saturated carbocycles. The van der Waals surface area contributed by atoms with E-state index in [-0.39, 0.29) is 11.5 Å². The predicted octanol–water partition coefficient (Wildman–Crippen LogP) is 1.99. The Hall–Kier alpha value is -2.99. The van der Waals surface area contributed by atoms with Crippen molar-refractivity contribution in [1.29, 1.82) is 0 Å². The van der Waals surface area contributed by atoms with Crippen LogP contribution in [0, 0.1) is 6.92 Å². The van der Waals surface area contributed by atoms with Gasteiger partial charge in [-0.3, -0.25) is 19.0 Å². The van der Waals surface area contributed by atoms with Crippen LogP contribution in [-0.4, -0.2) is 22.6 Å². The molecule has 23 heavy (non-hydrogen) atoms. The van der Waals surface area contributed by atoms with Crippen molar-refractivity contribution in [3.8, 4) is 5.69 Å². The standard InChI is InChI=1S/C17H15N3O3/c1-11-18-15-6-4-3-5-14(15)17(22)20(11)13-9-7-12(8-10-13)16(21)19-23-2/h3-10H,1-2H3,(H,19,21). The molecule has 0 bridgehead atoms. The quantitative estimate of drug-likeness (QED) is 0.751. The Morgan fingerprint density at radius 3 is 2.52 bits per heavy atom.